The van der Waals surface area contributed by atoms with Gasteiger partial charge in [-0.3, -0.25) is 14.5 Å². The van der Waals surface area contributed by atoms with Crippen molar-refractivity contribution in [1.29, 1.82) is 0 Å². The molecular formula is C16H15N3O3. The molecule has 3 N–H and O–H groups in total. The van der Waals surface area contributed by atoms with Gasteiger partial charge in [0.1, 0.15) is 12.3 Å². The summed E-state index contributed by atoms with van der Waals surface area (Å²) in [5.41, 5.74) is 2.05. The Labute approximate surface area is 127 Å². The van der Waals surface area contributed by atoms with Crippen molar-refractivity contribution in [2.45, 2.75) is 0 Å². The first kappa shape index (κ1) is 13.9. The molecule has 2 amide bonds. The average Bonchev–Trinajstić information content (AvgIpc) is 2.53. The summed E-state index contributed by atoms with van der Waals surface area (Å²) in [6, 6.07) is 13.6. The van der Waals surface area contributed by atoms with Crippen LogP contribution in [0.5, 0.6) is 5.75 Å². The fraction of sp³-hybridized carbons (Fsp3) is 0.125. The fourth-order valence-corrected chi connectivity index (χ4v) is 2.31. The lowest BCUT2D eigenvalue weighted by molar-refractivity contribution is -0.120. The van der Waals surface area contributed by atoms with Crippen LogP contribution in [0.25, 0.3) is 0 Å². The number of amides is 2. The van der Waals surface area contributed by atoms with E-state index >= 15 is 0 Å². The second-order valence-corrected chi connectivity index (χ2v) is 4.95. The molecule has 3 rings (SSSR count). The molecule has 112 valence electrons. The van der Waals surface area contributed by atoms with Crippen LogP contribution in [-0.4, -0.2) is 30.0 Å². The van der Waals surface area contributed by atoms with E-state index in [-0.39, 0.29) is 30.7 Å². The number of anilines is 3. The molecule has 22 heavy (non-hydrogen) atoms. The van der Waals surface area contributed by atoms with E-state index < -0.39 is 0 Å². The van der Waals surface area contributed by atoms with Gasteiger partial charge in [-0.05, 0) is 36.4 Å². The summed E-state index contributed by atoms with van der Waals surface area (Å²) in [6.45, 7) is 0.0689. The van der Waals surface area contributed by atoms with Crippen LogP contribution in [0.3, 0.4) is 0 Å². The Balaban J connectivity index is 1.72. The topological polar surface area (TPSA) is 81.7 Å². The molecule has 0 aliphatic carbocycles. The summed E-state index contributed by atoms with van der Waals surface area (Å²) in [6.07, 6.45) is 0. The Kier molecular flexibility index (Phi) is 3.65. The highest BCUT2D eigenvalue weighted by Crippen LogP contribution is 2.28. The minimum Gasteiger partial charge on any atom is -0.508 e. The van der Waals surface area contributed by atoms with Gasteiger partial charge >= 0.3 is 0 Å². The van der Waals surface area contributed by atoms with Crippen molar-refractivity contribution in [2.75, 3.05) is 28.6 Å². The number of carbonyl (C=O) groups is 2. The summed E-state index contributed by atoms with van der Waals surface area (Å²) in [5.74, 6) is -0.245. The average molecular weight is 297 g/mol. The molecule has 2 aromatic rings. The second-order valence-electron chi connectivity index (χ2n) is 4.95. The van der Waals surface area contributed by atoms with Gasteiger partial charge in [-0.25, -0.2) is 0 Å². The highest BCUT2D eigenvalue weighted by Gasteiger charge is 2.26. The van der Waals surface area contributed by atoms with Gasteiger partial charge in [0.05, 0.1) is 17.9 Å². The second kappa shape index (κ2) is 5.77. The summed E-state index contributed by atoms with van der Waals surface area (Å²) < 4.78 is 0. The van der Waals surface area contributed by atoms with Gasteiger partial charge in [-0.15, -0.1) is 0 Å². The first-order chi connectivity index (χ1) is 10.6. The van der Waals surface area contributed by atoms with E-state index in [1.807, 2.05) is 12.1 Å². The Morgan fingerprint density at radius 1 is 1.18 bits per heavy atom. The van der Waals surface area contributed by atoms with E-state index in [0.717, 1.165) is 5.69 Å². The maximum Gasteiger partial charge on any atom is 0.246 e. The number of hydrogen-bond acceptors (Lipinski definition) is 4. The number of carbonyl (C=O) groups excluding carboxylic acids is 2. The third-order valence-electron chi connectivity index (χ3n) is 3.38. The van der Waals surface area contributed by atoms with Crippen molar-refractivity contribution in [3.05, 3.63) is 48.5 Å². The summed E-state index contributed by atoms with van der Waals surface area (Å²) in [7, 11) is 0. The van der Waals surface area contributed by atoms with Crippen molar-refractivity contribution >= 4 is 28.9 Å². The molecule has 6 heteroatoms. The lowest BCUT2D eigenvalue weighted by Crippen LogP contribution is -2.44. The van der Waals surface area contributed by atoms with Gasteiger partial charge < -0.3 is 15.7 Å². The maximum atomic E-state index is 12.4. The van der Waals surface area contributed by atoms with Crippen LogP contribution in [0.1, 0.15) is 0 Å². The molecule has 0 aromatic heterocycles. The lowest BCUT2D eigenvalue weighted by Gasteiger charge is -2.29. The first-order valence-corrected chi connectivity index (χ1v) is 6.85. The van der Waals surface area contributed by atoms with E-state index in [0.29, 0.717) is 11.4 Å². The largest absolute Gasteiger partial charge is 0.508 e. The standard InChI is InChI=1S/C16H15N3O3/c20-12-7-5-11(6-8-12)17-9-16(22)19-10-15(21)18-13-3-1-2-4-14(13)19/h1-8,17,20H,9-10H2,(H,18,21). The number of nitrogens with one attached hydrogen (secondary N) is 2. The molecule has 1 aliphatic heterocycles. The molecule has 0 unspecified atom stereocenters. The molecule has 6 nitrogen and oxygen atoms in total. The van der Waals surface area contributed by atoms with E-state index in [1.54, 1.807) is 24.3 Å². The monoisotopic (exact) mass is 297 g/mol. The highest BCUT2D eigenvalue weighted by molar-refractivity contribution is 6.10. The van der Waals surface area contributed by atoms with Crippen LogP contribution < -0.4 is 15.5 Å². The van der Waals surface area contributed by atoms with Gasteiger partial charge in [0.15, 0.2) is 0 Å². The number of nitrogens with zero attached hydrogens (tertiary/aromatic N) is 1. The molecule has 0 radical (unpaired) electrons. The van der Waals surface area contributed by atoms with Crippen molar-refractivity contribution in [3.8, 4) is 5.75 Å². The molecule has 0 bridgehead atoms. The Morgan fingerprint density at radius 3 is 2.68 bits per heavy atom. The SMILES string of the molecule is O=C1CN(C(=O)CNc2ccc(O)cc2)c2ccccc2N1. The molecule has 1 aliphatic rings. The molecule has 2 aromatic carbocycles. The summed E-state index contributed by atoms with van der Waals surface area (Å²) in [5, 5.41) is 15.0. The van der Waals surface area contributed by atoms with Crippen LogP contribution in [-0.2, 0) is 9.59 Å². The zero-order valence-electron chi connectivity index (χ0n) is 11.7. The number of aromatic hydroxyl groups is 1. The normalized spacial score (nSPS) is 13.3. The van der Waals surface area contributed by atoms with Gasteiger partial charge in [-0.2, -0.15) is 0 Å². The third kappa shape index (κ3) is 2.85. The first-order valence-electron chi connectivity index (χ1n) is 6.85. The molecular weight excluding hydrogens is 282 g/mol. The summed E-state index contributed by atoms with van der Waals surface area (Å²) >= 11 is 0. The Bertz CT molecular complexity index is 713. The quantitative estimate of drug-likeness (QED) is 0.754. The van der Waals surface area contributed by atoms with Gasteiger partial charge in [0.25, 0.3) is 0 Å². The Morgan fingerprint density at radius 2 is 1.91 bits per heavy atom. The highest BCUT2D eigenvalue weighted by atomic mass is 16.3. The number of phenols is 1. The number of para-hydroxylation sites is 2. The van der Waals surface area contributed by atoms with Crippen LogP contribution in [0.2, 0.25) is 0 Å². The van der Waals surface area contributed by atoms with Gasteiger partial charge in [0.2, 0.25) is 11.8 Å². The summed E-state index contributed by atoms with van der Waals surface area (Å²) in [4.78, 5) is 25.5. The maximum absolute atomic E-state index is 12.4. The number of benzene rings is 2. The minimum atomic E-state index is -0.211. The van der Waals surface area contributed by atoms with E-state index in [4.69, 9.17) is 0 Å². The van der Waals surface area contributed by atoms with Crippen LogP contribution >= 0.6 is 0 Å². The molecule has 0 spiro atoms. The van der Waals surface area contributed by atoms with Crippen molar-refractivity contribution in [2.24, 2.45) is 0 Å². The van der Waals surface area contributed by atoms with Crippen molar-refractivity contribution in [1.82, 2.24) is 0 Å². The predicted octanol–water partition coefficient (Wildman–Crippen LogP) is 1.79. The van der Waals surface area contributed by atoms with Crippen molar-refractivity contribution < 1.29 is 14.7 Å². The van der Waals surface area contributed by atoms with E-state index in [9.17, 15) is 14.7 Å². The molecule has 0 atom stereocenters. The van der Waals surface area contributed by atoms with Crippen LogP contribution in [0.4, 0.5) is 17.1 Å². The fourth-order valence-electron chi connectivity index (χ4n) is 2.31. The number of rotatable bonds is 3. The Hall–Kier alpha value is -3.02. The van der Waals surface area contributed by atoms with E-state index in [1.165, 1.54) is 17.0 Å². The smallest absolute Gasteiger partial charge is 0.246 e. The van der Waals surface area contributed by atoms with E-state index in [2.05, 4.69) is 10.6 Å². The van der Waals surface area contributed by atoms with Gasteiger partial charge in [-0.1, -0.05) is 12.1 Å². The zero-order chi connectivity index (χ0) is 15.5. The minimum absolute atomic E-state index is 0.00705. The van der Waals surface area contributed by atoms with Crippen LogP contribution in [0, 0.1) is 0 Å². The van der Waals surface area contributed by atoms with Crippen molar-refractivity contribution in [3.63, 3.8) is 0 Å². The molecule has 0 saturated carbocycles. The molecule has 0 fully saturated rings. The lowest BCUT2D eigenvalue weighted by atomic mass is 10.2. The molecule has 0 saturated heterocycles. The zero-order valence-corrected chi connectivity index (χ0v) is 11.7. The van der Waals surface area contributed by atoms with Gasteiger partial charge in [0, 0.05) is 5.69 Å². The number of fused-ring (bicyclic) bond motifs is 1. The number of hydrogen-bond donors (Lipinski definition) is 3. The van der Waals surface area contributed by atoms with Crippen LogP contribution in [0.15, 0.2) is 48.5 Å². The number of phenolic OH excluding ortho intramolecular Hbond substituents is 1. The predicted molar refractivity (Wildman–Crippen MR) is 84.0 cm³/mol. The molecule has 1 heterocycles. The third-order valence-corrected chi connectivity index (χ3v) is 3.38.